The van der Waals surface area contributed by atoms with E-state index < -0.39 is 5.91 Å². The second-order valence-corrected chi connectivity index (χ2v) is 5.89. The predicted molar refractivity (Wildman–Crippen MR) is 80.2 cm³/mol. The fourth-order valence-electron chi connectivity index (χ4n) is 2.55. The molecule has 0 aliphatic carbocycles. The van der Waals surface area contributed by atoms with Crippen molar-refractivity contribution in [3.05, 3.63) is 35.1 Å². The Labute approximate surface area is 122 Å². The Balaban J connectivity index is 1.73. The van der Waals surface area contributed by atoms with E-state index in [4.69, 9.17) is 5.73 Å². The number of aromatic nitrogens is 2. The van der Waals surface area contributed by atoms with Crippen LogP contribution < -0.4 is 10.6 Å². The number of primary amides is 1. The van der Waals surface area contributed by atoms with Crippen LogP contribution in [0, 0.1) is 0 Å². The van der Waals surface area contributed by atoms with Gasteiger partial charge in [-0.2, -0.15) is 0 Å². The number of anilines is 1. The van der Waals surface area contributed by atoms with Gasteiger partial charge in [0.2, 0.25) is 0 Å². The van der Waals surface area contributed by atoms with Gasteiger partial charge in [0.05, 0.1) is 12.2 Å². The van der Waals surface area contributed by atoms with E-state index >= 15 is 0 Å². The number of carbonyl (C=O) groups excluding carboxylic acids is 1. The van der Waals surface area contributed by atoms with Gasteiger partial charge in [0.1, 0.15) is 5.69 Å². The van der Waals surface area contributed by atoms with Gasteiger partial charge in [0.25, 0.3) is 5.91 Å². The first-order chi connectivity index (χ1) is 9.74. The van der Waals surface area contributed by atoms with Crippen LogP contribution in [0.2, 0.25) is 0 Å². The normalized spacial score (nSPS) is 15.5. The first-order valence-corrected chi connectivity index (χ1v) is 7.76. The largest absolute Gasteiger partial charge is 0.364 e. The maximum atomic E-state index is 11.3. The minimum atomic E-state index is -0.401. The van der Waals surface area contributed by atoms with Crippen molar-refractivity contribution in [1.82, 2.24) is 9.55 Å². The lowest BCUT2D eigenvalue weighted by atomic mass is 10.1. The summed E-state index contributed by atoms with van der Waals surface area (Å²) < 4.78 is 1.84. The Morgan fingerprint density at radius 2 is 2.15 bits per heavy atom. The van der Waals surface area contributed by atoms with Crippen molar-refractivity contribution in [2.75, 3.05) is 18.0 Å². The minimum Gasteiger partial charge on any atom is -0.364 e. The van der Waals surface area contributed by atoms with Crippen LogP contribution in [-0.4, -0.2) is 28.5 Å². The van der Waals surface area contributed by atoms with Crippen LogP contribution >= 0.6 is 11.3 Å². The van der Waals surface area contributed by atoms with E-state index in [1.54, 1.807) is 17.4 Å². The highest BCUT2D eigenvalue weighted by atomic mass is 32.1. The second-order valence-electron chi connectivity index (χ2n) is 5.05. The lowest BCUT2D eigenvalue weighted by molar-refractivity contribution is 0.0992. The Kier molecular flexibility index (Phi) is 3.73. The highest BCUT2D eigenvalue weighted by molar-refractivity contribution is 7.13. The van der Waals surface area contributed by atoms with Gasteiger partial charge in [-0.05, 0) is 31.4 Å². The van der Waals surface area contributed by atoms with Crippen molar-refractivity contribution in [3.8, 4) is 0 Å². The van der Waals surface area contributed by atoms with E-state index in [-0.39, 0.29) is 0 Å². The average molecular weight is 290 g/mol. The summed E-state index contributed by atoms with van der Waals surface area (Å²) in [7, 11) is 0. The summed E-state index contributed by atoms with van der Waals surface area (Å²) in [6.45, 7) is 2.79. The molecule has 1 saturated heterocycles. The van der Waals surface area contributed by atoms with E-state index in [9.17, 15) is 4.79 Å². The summed E-state index contributed by atoms with van der Waals surface area (Å²) >= 11 is 1.68. The third-order valence-electron chi connectivity index (χ3n) is 3.58. The smallest absolute Gasteiger partial charge is 0.265 e. The molecule has 5 nitrogen and oxygen atoms in total. The highest BCUT2D eigenvalue weighted by Gasteiger charge is 2.15. The lowest BCUT2D eigenvalue weighted by Crippen LogP contribution is -2.29. The van der Waals surface area contributed by atoms with Crippen molar-refractivity contribution in [1.29, 1.82) is 0 Å². The number of carbonyl (C=O) groups is 1. The van der Waals surface area contributed by atoms with Gasteiger partial charge in [0.15, 0.2) is 5.13 Å². The van der Waals surface area contributed by atoms with E-state index in [2.05, 4.69) is 15.3 Å². The van der Waals surface area contributed by atoms with Crippen LogP contribution in [0.5, 0.6) is 0 Å². The maximum absolute atomic E-state index is 11.3. The van der Waals surface area contributed by atoms with Crippen LogP contribution in [0.15, 0.2) is 23.7 Å². The topological polar surface area (TPSA) is 64.2 Å². The molecule has 0 unspecified atom stereocenters. The van der Waals surface area contributed by atoms with Crippen molar-refractivity contribution in [2.24, 2.45) is 5.73 Å². The van der Waals surface area contributed by atoms with Crippen LogP contribution in [-0.2, 0) is 6.54 Å². The Hall–Kier alpha value is -1.82. The SMILES string of the molecule is NC(=O)c1cccn1Cc1csc(N2CCCCC2)n1. The second kappa shape index (κ2) is 5.66. The van der Waals surface area contributed by atoms with Crippen LogP contribution in [0.4, 0.5) is 5.13 Å². The number of piperidine rings is 1. The molecule has 3 rings (SSSR count). The van der Waals surface area contributed by atoms with Crippen molar-refractivity contribution in [2.45, 2.75) is 25.8 Å². The molecule has 0 atom stereocenters. The number of nitrogens with two attached hydrogens (primary N) is 1. The zero-order chi connectivity index (χ0) is 13.9. The van der Waals surface area contributed by atoms with E-state index in [1.807, 2.05) is 16.8 Å². The number of thiazole rings is 1. The fourth-order valence-corrected chi connectivity index (χ4v) is 3.42. The average Bonchev–Trinajstić information content (AvgIpc) is 3.09. The zero-order valence-electron chi connectivity index (χ0n) is 11.3. The van der Waals surface area contributed by atoms with Gasteiger partial charge < -0.3 is 15.2 Å². The molecule has 20 heavy (non-hydrogen) atoms. The molecule has 2 aromatic rings. The summed E-state index contributed by atoms with van der Waals surface area (Å²) in [5.74, 6) is -0.401. The number of amides is 1. The summed E-state index contributed by atoms with van der Waals surface area (Å²) in [5, 5.41) is 3.15. The molecule has 2 N–H and O–H groups in total. The molecule has 0 aromatic carbocycles. The fraction of sp³-hybridized carbons (Fsp3) is 0.429. The molecule has 0 spiro atoms. The maximum Gasteiger partial charge on any atom is 0.265 e. The molecule has 0 radical (unpaired) electrons. The lowest BCUT2D eigenvalue weighted by Gasteiger charge is -2.25. The number of hydrogen-bond acceptors (Lipinski definition) is 4. The molecule has 0 saturated carbocycles. The zero-order valence-corrected chi connectivity index (χ0v) is 12.1. The minimum absolute atomic E-state index is 0.401. The van der Waals surface area contributed by atoms with Gasteiger partial charge >= 0.3 is 0 Å². The van der Waals surface area contributed by atoms with Crippen molar-refractivity contribution >= 4 is 22.4 Å². The molecule has 6 heteroatoms. The molecule has 1 amide bonds. The van der Waals surface area contributed by atoms with E-state index in [0.29, 0.717) is 12.2 Å². The Morgan fingerprint density at radius 1 is 1.35 bits per heavy atom. The van der Waals surface area contributed by atoms with Crippen LogP contribution in [0.25, 0.3) is 0 Å². The van der Waals surface area contributed by atoms with Crippen molar-refractivity contribution < 1.29 is 4.79 Å². The van der Waals surface area contributed by atoms with Crippen LogP contribution in [0.1, 0.15) is 35.4 Å². The molecule has 1 aliphatic rings. The van der Waals surface area contributed by atoms with Gasteiger partial charge in [-0.15, -0.1) is 11.3 Å². The monoisotopic (exact) mass is 290 g/mol. The van der Waals surface area contributed by atoms with Gasteiger partial charge in [-0.25, -0.2) is 4.98 Å². The molecule has 1 aliphatic heterocycles. The molecule has 1 fully saturated rings. The molecule has 106 valence electrons. The molecular formula is C14H18N4OS. The quantitative estimate of drug-likeness (QED) is 0.937. The Bertz CT molecular complexity index is 598. The van der Waals surface area contributed by atoms with E-state index in [0.717, 1.165) is 23.9 Å². The summed E-state index contributed by atoms with van der Waals surface area (Å²) in [5.41, 5.74) is 6.86. The van der Waals surface area contributed by atoms with Gasteiger partial charge in [0, 0.05) is 24.7 Å². The summed E-state index contributed by atoms with van der Waals surface area (Å²) in [6, 6.07) is 3.57. The predicted octanol–water partition coefficient (Wildman–Crippen LogP) is 2.08. The molecule has 0 bridgehead atoms. The standard InChI is InChI=1S/C14H18N4OS/c15-13(19)12-5-4-8-18(12)9-11-10-20-14(16-11)17-6-2-1-3-7-17/h4-5,8,10H,1-3,6-7,9H2,(H2,15,19). The number of nitrogens with zero attached hydrogens (tertiary/aromatic N) is 3. The molecule has 3 heterocycles. The summed E-state index contributed by atoms with van der Waals surface area (Å²) in [4.78, 5) is 18.3. The molecular weight excluding hydrogens is 272 g/mol. The summed E-state index contributed by atoms with van der Waals surface area (Å²) in [6.07, 6.45) is 5.68. The van der Waals surface area contributed by atoms with Gasteiger partial charge in [-0.1, -0.05) is 0 Å². The number of hydrogen-bond donors (Lipinski definition) is 1. The van der Waals surface area contributed by atoms with Crippen LogP contribution in [0.3, 0.4) is 0 Å². The molecule has 2 aromatic heterocycles. The van der Waals surface area contributed by atoms with E-state index in [1.165, 1.54) is 19.3 Å². The van der Waals surface area contributed by atoms with Gasteiger partial charge in [-0.3, -0.25) is 4.79 Å². The number of rotatable bonds is 4. The third-order valence-corrected chi connectivity index (χ3v) is 4.53. The first kappa shape index (κ1) is 13.2. The first-order valence-electron chi connectivity index (χ1n) is 6.88. The highest BCUT2D eigenvalue weighted by Crippen LogP contribution is 2.24. The third kappa shape index (κ3) is 2.70. The van der Waals surface area contributed by atoms with Crippen molar-refractivity contribution in [3.63, 3.8) is 0 Å². The Morgan fingerprint density at radius 3 is 2.90 bits per heavy atom.